The van der Waals surface area contributed by atoms with Gasteiger partial charge in [-0.15, -0.1) is 0 Å². The molecule has 0 saturated carbocycles. The summed E-state index contributed by atoms with van der Waals surface area (Å²) < 4.78 is 2.64. The highest BCUT2D eigenvalue weighted by Gasteiger charge is 2.12. The van der Waals surface area contributed by atoms with Crippen molar-refractivity contribution >= 4 is 21.6 Å². The number of halogens is 1. The molecule has 2 aromatic heterocycles. The van der Waals surface area contributed by atoms with Gasteiger partial charge in [0.1, 0.15) is 0 Å². The first-order valence-electron chi connectivity index (χ1n) is 4.54. The van der Waals surface area contributed by atoms with E-state index in [9.17, 15) is 0 Å². The molecule has 5 heteroatoms. The topological polar surface area (TPSA) is 56.7 Å². The molecule has 0 spiro atoms. The second-order valence-electron chi connectivity index (χ2n) is 3.31. The summed E-state index contributed by atoms with van der Waals surface area (Å²) in [4.78, 5) is 4.26. The van der Waals surface area contributed by atoms with Gasteiger partial charge in [-0.05, 0) is 41.9 Å². The summed E-state index contributed by atoms with van der Waals surface area (Å²) in [6.07, 6.45) is 1.73. The zero-order valence-electron chi connectivity index (χ0n) is 8.53. The lowest BCUT2D eigenvalue weighted by atomic mass is 10.3. The second-order valence-corrected chi connectivity index (χ2v) is 4.16. The van der Waals surface area contributed by atoms with Crippen molar-refractivity contribution in [1.82, 2.24) is 14.8 Å². The van der Waals surface area contributed by atoms with Crippen molar-refractivity contribution in [3.63, 3.8) is 0 Å². The third-order valence-corrected chi connectivity index (χ3v) is 2.91. The molecule has 0 unspecified atom stereocenters. The molecule has 0 bridgehead atoms. The van der Waals surface area contributed by atoms with Crippen LogP contribution in [0.25, 0.3) is 5.82 Å². The van der Waals surface area contributed by atoms with Crippen LogP contribution in [0.2, 0.25) is 0 Å². The van der Waals surface area contributed by atoms with E-state index in [0.29, 0.717) is 5.69 Å². The number of aromatic nitrogens is 3. The first-order valence-corrected chi connectivity index (χ1v) is 5.33. The monoisotopic (exact) mass is 266 g/mol. The van der Waals surface area contributed by atoms with Gasteiger partial charge in [-0.2, -0.15) is 5.10 Å². The van der Waals surface area contributed by atoms with Gasteiger partial charge in [0.15, 0.2) is 5.82 Å². The Morgan fingerprint density at radius 3 is 2.67 bits per heavy atom. The van der Waals surface area contributed by atoms with Crippen LogP contribution < -0.4 is 5.73 Å². The van der Waals surface area contributed by atoms with Crippen molar-refractivity contribution < 1.29 is 0 Å². The van der Waals surface area contributed by atoms with E-state index in [4.69, 9.17) is 5.73 Å². The third-order valence-electron chi connectivity index (χ3n) is 2.29. The molecule has 0 amide bonds. The predicted molar refractivity (Wildman–Crippen MR) is 62.9 cm³/mol. The van der Waals surface area contributed by atoms with Crippen molar-refractivity contribution in [3.05, 3.63) is 34.2 Å². The Kier molecular flexibility index (Phi) is 2.48. The average Bonchev–Trinajstić information content (AvgIpc) is 2.47. The maximum Gasteiger partial charge on any atom is 0.167 e. The van der Waals surface area contributed by atoms with Crippen LogP contribution in [-0.2, 0) is 0 Å². The van der Waals surface area contributed by atoms with Crippen LogP contribution in [0.15, 0.2) is 22.8 Å². The molecule has 2 rings (SSSR count). The predicted octanol–water partition coefficient (Wildman–Crippen LogP) is 2.23. The van der Waals surface area contributed by atoms with Gasteiger partial charge >= 0.3 is 0 Å². The largest absolute Gasteiger partial charge is 0.396 e. The molecule has 78 valence electrons. The maximum absolute atomic E-state index is 5.86. The molecule has 0 fully saturated rings. The van der Waals surface area contributed by atoms with Crippen LogP contribution in [-0.4, -0.2) is 14.8 Å². The fourth-order valence-electron chi connectivity index (χ4n) is 1.39. The Morgan fingerprint density at radius 2 is 2.13 bits per heavy atom. The van der Waals surface area contributed by atoms with Crippen LogP contribution in [0.5, 0.6) is 0 Å². The van der Waals surface area contributed by atoms with Gasteiger partial charge in [0.2, 0.25) is 0 Å². The van der Waals surface area contributed by atoms with Crippen LogP contribution in [0.3, 0.4) is 0 Å². The summed E-state index contributed by atoms with van der Waals surface area (Å²) in [7, 11) is 0. The van der Waals surface area contributed by atoms with Crippen molar-refractivity contribution in [3.8, 4) is 5.82 Å². The molecule has 2 N–H and O–H groups in total. The van der Waals surface area contributed by atoms with Gasteiger partial charge in [-0.25, -0.2) is 9.67 Å². The summed E-state index contributed by atoms with van der Waals surface area (Å²) in [5, 5.41) is 4.34. The number of aryl methyl sites for hydroxylation is 1. The van der Waals surface area contributed by atoms with Crippen LogP contribution >= 0.6 is 15.9 Å². The molecule has 4 nitrogen and oxygen atoms in total. The number of nitrogens with two attached hydrogens (primary N) is 1. The SMILES string of the molecule is Cc1nn(-c2ncccc2Br)c(C)c1N. The van der Waals surface area contributed by atoms with E-state index in [-0.39, 0.29) is 0 Å². The fourth-order valence-corrected chi connectivity index (χ4v) is 1.82. The number of hydrogen-bond donors (Lipinski definition) is 1. The Bertz CT molecular complexity index is 504. The highest BCUT2D eigenvalue weighted by molar-refractivity contribution is 9.10. The summed E-state index contributed by atoms with van der Waals surface area (Å²) >= 11 is 3.44. The fraction of sp³-hybridized carbons (Fsp3) is 0.200. The van der Waals surface area contributed by atoms with Crippen molar-refractivity contribution in [2.24, 2.45) is 0 Å². The van der Waals surface area contributed by atoms with Gasteiger partial charge in [0.25, 0.3) is 0 Å². The normalized spacial score (nSPS) is 10.6. The number of nitrogen functional groups attached to an aromatic ring is 1. The highest BCUT2D eigenvalue weighted by Crippen LogP contribution is 2.23. The molecule has 0 atom stereocenters. The van der Waals surface area contributed by atoms with Gasteiger partial charge in [-0.3, -0.25) is 0 Å². The Balaban J connectivity index is 2.65. The van der Waals surface area contributed by atoms with Crippen LogP contribution in [0, 0.1) is 13.8 Å². The Labute approximate surface area is 96.3 Å². The number of anilines is 1. The number of hydrogen-bond acceptors (Lipinski definition) is 3. The minimum atomic E-state index is 0.715. The quantitative estimate of drug-likeness (QED) is 0.861. The van der Waals surface area contributed by atoms with E-state index in [0.717, 1.165) is 21.7 Å². The second kappa shape index (κ2) is 3.66. The molecule has 2 heterocycles. The molecule has 0 aliphatic carbocycles. The highest BCUT2D eigenvalue weighted by atomic mass is 79.9. The zero-order chi connectivity index (χ0) is 11.0. The molecule has 0 aliphatic heterocycles. The first-order chi connectivity index (χ1) is 7.11. The van der Waals surface area contributed by atoms with E-state index in [1.165, 1.54) is 0 Å². The van der Waals surface area contributed by atoms with Gasteiger partial charge in [0, 0.05) is 6.20 Å². The zero-order valence-corrected chi connectivity index (χ0v) is 10.1. The summed E-state index contributed by atoms with van der Waals surface area (Å²) in [6.45, 7) is 3.81. The van der Waals surface area contributed by atoms with Crippen molar-refractivity contribution in [1.29, 1.82) is 0 Å². The van der Waals surface area contributed by atoms with E-state index in [1.54, 1.807) is 10.9 Å². The average molecular weight is 267 g/mol. The molecule has 2 aromatic rings. The van der Waals surface area contributed by atoms with Gasteiger partial charge in [0.05, 0.1) is 21.5 Å². The third kappa shape index (κ3) is 1.63. The first kappa shape index (κ1) is 10.2. The van der Waals surface area contributed by atoms with E-state index >= 15 is 0 Å². The number of nitrogens with zero attached hydrogens (tertiary/aromatic N) is 3. The molecular weight excluding hydrogens is 256 g/mol. The van der Waals surface area contributed by atoms with Gasteiger partial charge in [-0.1, -0.05) is 0 Å². The molecule has 15 heavy (non-hydrogen) atoms. The summed E-state index contributed by atoms with van der Waals surface area (Å²) in [5.41, 5.74) is 8.31. The lowest BCUT2D eigenvalue weighted by molar-refractivity contribution is 0.802. The minimum Gasteiger partial charge on any atom is -0.396 e. The lowest BCUT2D eigenvalue weighted by Gasteiger charge is -2.04. The summed E-state index contributed by atoms with van der Waals surface area (Å²) in [6, 6.07) is 3.79. The lowest BCUT2D eigenvalue weighted by Crippen LogP contribution is -2.02. The molecule has 0 aliphatic rings. The standard InChI is InChI=1S/C10H11BrN4/c1-6-9(12)7(2)15(14-6)10-8(11)4-3-5-13-10/h3-5H,12H2,1-2H3. The Morgan fingerprint density at radius 1 is 1.40 bits per heavy atom. The molecule has 0 radical (unpaired) electrons. The van der Waals surface area contributed by atoms with Crippen molar-refractivity contribution in [2.75, 3.05) is 5.73 Å². The smallest absolute Gasteiger partial charge is 0.167 e. The maximum atomic E-state index is 5.86. The van der Waals surface area contributed by atoms with E-state index in [2.05, 4.69) is 26.0 Å². The van der Waals surface area contributed by atoms with E-state index < -0.39 is 0 Å². The number of rotatable bonds is 1. The van der Waals surface area contributed by atoms with Gasteiger partial charge < -0.3 is 5.73 Å². The van der Waals surface area contributed by atoms with E-state index in [1.807, 2.05) is 26.0 Å². The minimum absolute atomic E-state index is 0.715. The van der Waals surface area contributed by atoms with Crippen LogP contribution in [0.1, 0.15) is 11.4 Å². The Hall–Kier alpha value is -1.36. The summed E-state index contributed by atoms with van der Waals surface area (Å²) in [5.74, 6) is 0.759. The van der Waals surface area contributed by atoms with Crippen LogP contribution in [0.4, 0.5) is 5.69 Å². The molecule has 0 aromatic carbocycles. The molecular formula is C10H11BrN4. The van der Waals surface area contributed by atoms with Crippen molar-refractivity contribution in [2.45, 2.75) is 13.8 Å². The molecule has 0 saturated heterocycles. The number of pyridine rings is 1.